The van der Waals surface area contributed by atoms with Crippen LogP contribution in [-0.4, -0.2) is 42.6 Å². The summed E-state index contributed by atoms with van der Waals surface area (Å²) in [7, 11) is 1.73. The third-order valence-electron chi connectivity index (χ3n) is 4.14. The zero-order chi connectivity index (χ0) is 18.4. The van der Waals surface area contributed by atoms with Crippen LogP contribution in [0.3, 0.4) is 0 Å². The number of alkyl halides is 2. The average molecular weight is 358 g/mol. The molecule has 0 fully saturated rings. The standard InChI is InChI=1S/C16H16F2N8/c1-8-21-11-4-3-10(22-15(11)25(8)7-12(17)18)9-5-6-26-13(9)14(20-2)23-16(19)24-26/h3-6,12H,7H2,1-2H3,(H3,19,20,23,24). The summed E-state index contributed by atoms with van der Waals surface area (Å²) in [6.07, 6.45) is -0.740. The van der Waals surface area contributed by atoms with Crippen LogP contribution in [0.5, 0.6) is 0 Å². The fourth-order valence-corrected chi connectivity index (χ4v) is 3.04. The molecule has 0 saturated heterocycles. The highest BCUT2D eigenvalue weighted by Crippen LogP contribution is 2.30. The Bertz CT molecular complexity index is 1110. The minimum atomic E-state index is -2.49. The molecule has 4 aromatic heterocycles. The van der Waals surface area contributed by atoms with Crippen molar-refractivity contribution in [1.29, 1.82) is 0 Å². The summed E-state index contributed by atoms with van der Waals surface area (Å²) in [4.78, 5) is 13.1. The van der Waals surface area contributed by atoms with Gasteiger partial charge in [-0.15, -0.1) is 5.10 Å². The molecule has 4 heterocycles. The van der Waals surface area contributed by atoms with Crippen molar-refractivity contribution in [1.82, 2.24) is 29.1 Å². The SMILES string of the molecule is CNc1nc(N)nn2ccc(-c3ccc4nc(C)n(CC(F)F)c4n3)c12. The maximum atomic E-state index is 12.9. The largest absolute Gasteiger partial charge is 0.371 e. The van der Waals surface area contributed by atoms with Gasteiger partial charge < -0.3 is 15.6 Å². The van der Waals surface area contributed by atoms with Gasteiger partial charge in [0.15, 0.2) is 11.5 Å². The monoisotopic (exact) mass is 358 g/mol. The Morgan fingerprint density at radius 1 is 1.19 bits per heavy atom. The van der Waals surface area contributed by atoms with Gasteiger partial charge in [0.05, 0.1) is 12.2 Å². The maximum absolute atomic E-state index is 12.9. The second kappa shape index (κ2) is 5.90. The van der Waals surface area contributed by atoms with E-state index in [9.17, 15) is 8.78 Å². The van der Waals surface area contributed by atoms with Crippen LogP contribution >= 0.6 is 0 Å². The van der Waals surface area contributed by atoms with Crippen molar-refractivity contribution in [3.8, 4) is 11.3 Å². The summed E-state index contributed by atoms with van der Waals surface area (Å²) in [6.45, 7) is 1.24. The minimum Gasteiger partial charge on any atom is -0.371 e. The number of nitrogen functional groups attached to an aromatic ring is 1. The normalized spacial score (nSPS) is 11.7. The molecular weight excluding hydrogens is 342 g/mol. The molecule has 0 unspecified atom stereocenters. The number of nitrogens with one attached hydrogen (secondary N) is 1. The molecular formula is C16H16F2N8. The van der Waals surface area contributed by atoms with E-state index in [0.29, 0.717) is 34.0 Å². The van der Waals surface area contributed by atoms with Crippen molar-refractivity contribution in [2.45, 2.75) is 19.9 Å². The number of fused-ring (bicyclic) bond motifs is 2. The van der Waals surface area contributed by atoms with Gasteiger partial charge in [-0.2, -0.15) is 4.98 Å². The predicted molar refractivity (Wildman–Crippen MR) is 94.2 cm³/mol. The van der Waals surface area contributed by atoms with Crippen LogP contribution in [0.2, 0.25) is 0 Å². The number of halogens is 2. The van der Waals surface area contributed by atoms with Crippen LogP contribution in [0, 0.1) is 6.92 Å². The van der Waals surface area contributed by atoms with Gasteiger partial charge in [0, 0.05) is 18.8 Å². The summed E-state index contributed by atoms with van der Waals surface area (Å²) in [5, 5.41) is 7.14. The average Bonchev–Trinajstić information content (AvgIpc) is 3.15. The topological polar surface area (TPSA) is 99.0 Å². The second-order valence-corrected chi connectivity index (χ2v) is 5.79. The first-order valence-electron chi connectivity index (χ1n) is 7.93. The van der Waals surface area contributed by atoms with E-state index in [-0.39, 0.29) is 5.95 Å². The Labute approximate surface area is 146 Å². The molecule has 0 spiro atoms. The molecule has 4 aromatic rings. The van der Waals surface area contributed by atoms with Gasteiger partial charge in [0.25, 0.3) is 6.43 Å². The number of pyridine rings is 1. The molecule has 0 aliphatic rings. The number of aryl methyl sites for hydroxylation is 1. The Morgan fingerprint density at radius 2 is 2.00 bits per heavy atom. The Kier molecular flexibility index (Phi) is 3.67. The van der Waals surface area contributed by atoms with Crippen LogP contribution in [0.4, 0.5) is 20.5 Å². The van der Waals surface area contributed by atoms with Crippen LogP contribution in [-0.2, 0) is 6.54 Å². The van der Waals surface area contributed by atoms with E-state index in [0.717, 1.165) is 5.56 Å². The predicted octanol–water partition coefficient (Wildman–Crippen LogP) is 2.34. The van der Waals surface area contributed by atoms with Crippen LogP contribution < -0.4 is 11.1 Å². The zero-order valence-electron chi connectivity index (χ0n) is 14.1. The lowest BCUT2D eigenvalue weighted by Gasteiger charge is -2.08. The van der Waals surface area contributed by atoms with Gasteiger partial charge in [0.2, 0.25) is 5.95 Å². The van der Waals surface area contributed by atoms with Crippen molar-refractivity contribution < 1.29 is 8.78 Å². The lowest BCUT2D eigenvalue weighted by atomic mass is 10.2. The summed E-state index contributed by atoms with van der Waals surface area (Å²) in [5.41, 5.74) is 8.78. The highest BCUT2D eigenvalue weighted by Gasteiger charge is 2.17. The van der Waals surface area contributed by atoms with Crippen molar-refractivity contribution in [3.63, 3.8) is 0 Å². The highest BCUT2D eigenvalue weighted by atomic mass is 19.3. The number of nitrogens with zero attached hydrogens (tertiary/aromatic N) is 6. The van der Waals surface area contributed by atoms with Gasteiger partial charge >= 0.3 is 0 Å². The van der Waals surface area contributed by atoms with Crippen molar-refractivity contribution in [2.75, 3.05) is 18.1 Å². The summed E-state index contributed by atoms with van der Waals surface area (Å²) in [6, 6.07) is 5.40. The number of hydrogen-bond acceptors (Lipinski definition) is 6. The molecule has 0 saturated carbocycles. The van der Waals surface area contributed by atoms with Gasteiger partial charge in [-0.25, -0.2) is 23.3 Å². The number of anilines is 2. The van der Waals surface area contributed by atoms with Gasteiger partial charge in [0.1, 0.15) is 16.9 Å². The molecule has 4 rings (SSSR count). The fraction of sp³-hybridized carbons (Fsp3) is 0.250. The number of aromatic nitrogens is 6. The Balaban J connectivity index is 1.93. The maximum Gasteiger partial charge on any atom is 0.256 e. The molecule has 0 aliphatic heterocycles. The second-order valence-electron chi connectivity index (χ2n) is 5.79. The number of hydrogen-bond donors (Lipinski definition) is 2. The van der Waals surface area contributed by atoms with Gasteiger partial charge in [-0.05, 0) is 25.1 Å². The third kappa shape index (κ3) is 2.50. The smallest absolute Gasteiger partial charge is 0.256 e. The molecule has 134 valence electrons. The van der Waals surface area contributed by atoms with E-state index < -0.39 is 13.0 Å². The van der Waals surface area contributed by atoms with Gasteiger partial charge in [-0.1, -0.05) is 0 Å². The summed E-state index contributed by atoms with van der Waals surface area (Å²) in [5.74, 6) is 1.19. The first-order chi connectivity index (χ1) is 12.5. The number of imidazole rings is 1. The molecule has 0 bridgehead atoms. The summed E-state index contributed by atoms with van der Waals surface area (Å²) >= 11 is 0. The Morgan fingerprint density at radius 3 is 2.73 bits per heavy atom. The zero-order valence-corrected chi connectivity index (χ0v) is 14.1. The van der Waals surface area contributed by atoms with Crippen molar-refractivity contribution in [2.24, 2.45) is 0 Å². The van der Waals surface area contributed by atoms with E-state index in [2.05, 4.69) is 25.4 Å². The van der Waals surface area contributed by atoms with E-state index >= 15 is 0 Å². The van der Waals surface area contributed by atoms with E-state index in [1.165, 1.54) is 4.57 Å². The minimum absolute atomic E-state index is 0.137. The molecule has 26 heavy (non-hydrogen) atoms. The molecule has 0 atom stereocenters. The molecule has 0 amide bonds. The van der Waals surface area contributed by atoms with Crippen molar-refractivity contribution >= 4 is 28.4 Å². The molecule has 0 aliphatic carbocycles. The Hall–Kier alpha value is -3.30. The van der Waals surface area contributed by atoms with E-state index in [4.69, 9.17) is 5.73 Å². The van der Waals surface area contributed by atoms with Gasteiger partial charge in [-0.3, -0.25) is 0 Å². The molecule has 8 nitrogen and oxygen atoms in total. The number of nitrogens with two attached hydrogens (primary N) is 1. The number of rotatable bonds is 4. The molecule has 3 N–H and O–H groups in total. The quantitative estimate of drug-likeness (QED) is 0.581. The third-order valence-corrected chi connectivity index (χ3v) is 4.14. The lowest BCUT2D eigenvalue weighted by Crippen LogP contribution is -2.09. The highest BCUT2D eigenvalue weighted by molar-refractivity contribution is 5.89. The fourth-order valence-electron chi connectivity index (χ4n) is 3.04. The van der Waals surface area contributed by atoms with E-state index in [1.54, 1.807) is 36.8 Å². The molecule has 0 aromatic carbocycles. The lowest BCUT2D eigenvalue weighted by molar-refractivity contribution is 0.127. The first kappa shape index (κ1) is 16.2. The van der Waals surface area contributed by atoms with Crippen molar-refractivity contribution in [3.05, 3.63) is 30.2 Å². The van der Waals surface area contributed by atoms with Crippen LogP contribution in [0.25, 0.3) is 27.9 Å². The first-order valence-corrected chi connectivity index (χ1v) is 7.93. The summed E-state index contributed by atoms with van der Waals surface area (Å²) < 4.78 is 28.9. The molecule has 10 heteroatoms. The van der Waals surface area contributed by atoms with Crippen LogP contribution in [0.1, 0.15) is 5.82 Å². The van der Waals surface area contributed by atoms with Crippen LogP contribution in [0.15, 0.2) is 24.4 Å². The molecule has 0 radical (unpaired) electrons. The van der Waals surface area contributed by atoms with E-state index in [1.807, 2.05) is 6.07 Å².